The van der Waals surface area contributed by atoms with Gasteiger partial charge in [-0.1, -0.05) is 12.2 Å². The van der Waals surface area contributed by atoms with E-state index in [0.29, 0.717) is 12.0 Å². The third kappa shape index (κ3) is 1.19. The summed E-state index contributed by atoms with van der Waals surface area (Å²) in [4.78, 5) is 10.7. The second-order valence-electron chi connectivity index (χ2n) is 1.95. The van der Waals surface area contributed by atoms with E-state index in [-0.39, 0.29) is 5.78 Å². The van der Waals surface area contributed by atoms with E-state index in [9.17, 15) is 4.79 Å². The molecule has 0 saturated heterocycles. The van der Waals surface area contributed by atoms with Gasteiger partial charge < -0.3 is 5.11 Å². The van der Waals surface area contributed by atoms with Crippen LogP contribution in [-0.4, -0.2) is 10.9 Å². The van der Waals surface area contributed by atoms with Crippen LogP contribution >= 0.6 is 0 Å². The Hall–Kier alpha value is -1.05. The summed E-state index contributed by atoms with van der Waals surface area (Å²) in [6, 6.07) is 0. The molecule has 0 aromatic carbocycles. The van der Waals surface area contributed by atoms with Crippen molar-refractivity contribution in [2.45, 2.75) is 12.8 Å². The molecule has 0 fully saturated rings. The van der Waals surface area contributed by atoms with E-state index < -0.39 is 0 Å². The number of rotatable bonds is 0. The Balaban J connectivity index is 2.81. The number of hydrogen-bond acceptors (Lipinski definition) is 2. The lowest BCUT2D eigenvalue weighted by atomic mass is 10.0. The van der Waals surface area contributed by atoms with E-state index in [4.69, 9.17) is 5.11 Å². The lowest BCUT2D eigenvalue weighted by molar-refractivity contribution is -0.115. The van der Waals surface area contributed by atoms with E-state index >= 15 is 0 Å². The highest BCUT2D eigenvalue weighted by atomic mass is 16.2. The van der Waals surface area contributed by atoms with Gasteiger partial charge in [-0.15, -0.1) is 0 Å². The Morgan fingerprint density at radius 2 is 2.44 bits per heavy atom. The van der Waals surface area contributed by atoms with Crippen molar-refractivity contribution in [2.24, 2.45) is 0 Å². The van der Waals surface area contributed by atoms with Crippen LogP contribution < -0.4 is 0 Å². The van der Waals surface area contributed by atoms with Crippen molar-refractivity contribution in [3.63, 3.8) is 0 Å². The van der Waals surface area contributed by atoms with E-state index in [1.54, 1.807) is 6.08 Å². The largest absolute Gasteiger partial charge is 0.515 e. The van der Waals surface area contributed by atoms with Gasteiger partial charge in [-0.3, -0.25) is 4.79 Å². The Morgan fingerprint density at radius 1 is 1.67 bits per heavy atom. The van der Waals surface area contributed by atoms with Gasteiger partial charge >= 0.3 is 0 Å². The van der Waals surface area contributed by atoms with Crippen molar-refractivity contribution in [1.82, 2.24) is 0 Å². The van der Waals surface area contributed by atoms with Gasteiger partial charge in [-0.25, -0.2) is 0 Å². The summed E-state index contributed by atoms with van der Waals surface area (Å²) < 4.78 is 0. The molecule has 2 heteroatoms. The highest BCUT2D eigenvalue weighted by Crippen LogP contribution is 2.10. The van der Waals surface area contributed by atoms with Crippen molar-refractivity contribution in [1.29, 1.82) is 0 Å². The maximum atomic E-state index is 10.7. The van der Waals surface area contributed by atoms with Gasteiger partial charge in [0, 0.05) is 6.42 Å². The molecule has 1 aliphatic rings. The topological polar surface area (TPSA) is 37.3 Å². The second kappa shape index (κ2) is 2.49. The van der Waals surface area contributed by atoms with Gasteiger partial charge in [0.15, 0.2) is 5.78 Å². The third-order valence-corrected chi connectivity index (χ3v) is 1.30. The zero-order chi connectivity index (χ0) is 6.69. The van der Waals surface area contributed by atoms with E-state index in [0.717, 1.165) is 12.7 Å². The minimum atomic E-state index is 0.0278. The fourth-order valence-electron chi connectivity index (χ4n) is 0.777. The first kappa shape index (κ1) is 6.08. The average Bonchev–Trinajstić information content (AvgIpc) is 1.89. The summed E-state index contributed by atoms with van der Waals surface area (Å²) in [5.74, 6) is 0.0278. The third-order valence-electron chi connectivity index (χ3n) is 1.30. The number of carbonyl (C=O) groups excluding carboxylic acids is 1. The molecule has 0 radical (unpaired) electrons. The average molecular weight is 124 g/mol. The number of aliphatic hydroxyl groups excluding tert-OH is 1. The van der Waals surface area contributed by atoms with Crippen molar-refractivity contribution < 1.29 is 9.90 Å². The smallest absolute Gasteiger partial charge is 0.166 e. The molecule has 1 N–H and O–H groups in total. The molecule has 0 aromatic heterocycles. The van der Waals surface area contributed by atoms with E-state index in [1.165, 1.54) is 0 Å². The Kier molecular flexibility index (Phi) is 1.68. The zero-order valence-electron chi connectivity index (χ0n) is 5.00. The van der Waals surface area contributed by atoms with Crippen LogP contribution in [0.1, 0.15) is 12.8 Å². The maximum Gasteiger partial charge on any atom is 0.166 e. The molecule has 0 bridgehead atoms. The number of carbonyl (C=O) groups is 1. The molecule has 0 spiro atoms. The van der Waals surface area contributed by atoms with Gasteiger partial charge in [-0.2, -0.15) is 0 Å². The number of ketones is 1. The van der Waals surface area contributed by atoms with Crippen molar-refractivity contribution in [3.05, 3.63) is 24.0 Å². The quantitative estimate of drug-likeness (QED) is 0.391. The van der Waals surface area contributed by atoms with Crippen LogP contribution in [0.2, 0.25) is 0 Å². The second-order valence-corrected chi connectivity index (χ2v) is 1.95. The van der Waals surface area contributed by atoms with Crippen molar-refractivity contribution in [2.75, 3.05) is 0 Å². The van der Waals surface area contributed by atoms with Crippen molar-refractivity contribution in [3.8, 4) is 0 Å². The van der Waals surface area contributed by atoms with Crippen LogP contribution in [0.15, 0.2) is 24.0 Å². The first-order valence-electron chi connectivity index (χ1n) is 2.88. The molecule has 0 aromatic rings. The van der Waals surface area contributed by atoms with Gasteiger partial charge in [-0.05, 0) is 6.42 Å². The van der Waals surface area contributed by atoms with E-state index in [1.807, 2.05) is 6.08 Å². The van der Waals surface area contributed by atoms with Crippen LogP contribution in [0.5, 0.6) is 0 Å². The molecule has 0 atom stereocenters. The molecule has 0 amide bonds. The number of aliphatic hydroxyl groups is 1. The van der Waals surface area contributed by atoms with Gasteiger partial charge in [0.25, 0.3) is 0 Å². The summed E-state index contributed by atoms with van der Waals surface area (Å²) in [6.07, 6.45) is 5.71. The van der Waals surface area contributed by atoms with Gasteiger partial charge in [0.2, 0.25) is 0 Å². The fraction of sp³-hybridized carbons (Fsp3) is 0.286. The molecule has 1 rings (SSSR count). The maximum absolute atomic E-state index is 10.7. The molecule has 0 aliphatic heterocycles. The summed E-state index contributed by atoms with van der Waals surface area (Å²) in [5, 5.41) is 8.43. The molecule has 1 aliphatic carbocycles. The number of allylic oxidation sites excluding steroid dienone is 3. The lowest BCUT2D eigenvalue weighted by Crippen LogP contribution is -2.03. The normalized spacial score (nSPS) is 23.1. The molecule has 0 saturated carbocycles. The van der Waals surface area contributed by atoms with E-state index in [2.05, 4.69) is 0 Å². The Labute approximate surface area is 53.5 Å². The SMILES string of the molecule is O=C1CCC=CC1=CO. The van der Waals surface area contributed by atoms with Gasteiger partial charge in [0.1, 0.15) is 0 Å². The van der Waals surface area contributed by atoms with Crippen LogP contribution in [-0.2, 0) is 4.79 Å². The minimum Gasteiger partial charge on any atom is -0.515 e. The monoisotopic (exact) mass is 124 g/mol. The standard InChI is InChI=1S/C7H8O2/c8-5-6-3-1-2-4-7(6)9/h1,3,5,8H,2,4H2. The summed E-state index contributed by atoms with van der Waals surface area (Å²) >= 11 is 0. The molecule has 2 nitrogen and oxygen atoms in total. The van der Waals surface area contributed by atoms with Gasteiger partial charge in [0.05, 0.1) is 11.8 Å². The summed E-state index contributed by atoms with van der Waals surface area (Å²) in [5.41, 5.74) is 0.418. The number of Topliss-reactive ketones (excluding diaryl/α,β-unsaturated/α-hetero) is 1. The molecular weight excluding hydrogens is 116 g/mol. The summed E-state index contributed by atoms with van der Waals surface area (Å²) in [7, 11) is 0. The molecule has 0 unspecified atom stereocenters. The number of hydrogen-bond donors (Lipinski definition) is 1. The van der Waals surface area contributed by atoms with Crippen LogP contribution in [0, 0.1) is 0 Å². The van der Waals surface area contributed by atoms with Crippen LogP contribution in [0.3, 0.4) is 0 Å². The molecule has 48 valence electrons. The molecule has 0 heterocycles. The molecular formula is C7H8O2. The lowest BCUT2D eigenvalue weighted by Gasteiger charge is -2.02. The minimum absolute atomic E-state index is 0.0278. The zero-order valence-corrected chi connectivity index (χ0v) is 5.00. The highest BCUT2D eigenvalue weighted by Gasteiger charge is 2.08. The van der Waals surface area contributed by atoms with Crippen molar-refractivity contribution >= 4 is 5.78 Å². The van der Waals surface area contributed by atoms with Crippen LogP contribution in [0.4, 0.5) is 0 Å². The highest BCUT2D eigenvalue weighted by molar-refractivity contribution is 5.98. The Morgan fingerprint density at radius 3 is 2.89 bits per heavy atom. The fourth-order valence-corrected chi connectivity index (χ4v) is 0.777. The first-order chi connectivity index (χ1) is 4.34. The molecule has 9 heavy (non-hydrogen) atoms. The first-order valence-corrected chi connectivity index (χ1v) is 2.88. The predicted octanol–water partition coefficient (Wildman–Crippen LogP) is 1.35. The predicted molar refractivity (Wildman–Crippen MR) is 34.1 cm³/mol. The summed E-state index contributed by atoms with van der Waals surface area (Å²) in [6.45, 7) is 0. The van der Waals surface area contributed by atoms with Crippen LogP contribution in [0.25, 0.3) is 0 Å². The Bertz CT molecular complexity index is 177.